The number of amides is 1. The standard InChI is InChI=1S/C19H24N2O6/c1-25-16-9-12-8-13(18(23)20-14(12)10-17(16)26-2)11-21(5-6-22)19(24)15-4-3-7-27-15/h8-10,15,22H,3-7,11H2,1-2H3,(H,20,23)/t15-/m0/s1. The molecule has 1 aromatic heterocycles. The number of hydrogen-bond acceptors (Lipinski definition) is 6. The van der Waals surface area contributed by atoms with E-state index in [4.69, 9.17) is 14.2 Å². The van der Waals surface area contributed by atoms with Gasteiger partial charge in [-0.25, -0.2) is 0 Å². The minimum atomic E-state index is -0.500. The number of benzene rings is 1. The molecule has 2 aromatic rings. The largest absolute Gasteiger partial charge is 0.493 e. The number of ether oxygens (including phenoxy) is 3. The molecule has 0 spiro atoms. The van der Waals surface area contributed by atoms with Gasteiger partial charge in [0, 0.05) is 30.2 Å². The lowest BCUT2D eigenvalue weighted by Gasteiger charge is -2.24. The highest BCUT2D eigenvalue weighted by Gasteiger charge is 2.28. The number of methoxy groups -OCH3 is 2. The molecule has 2 heterocycles. The molecule has 8 heteroatoms. The Bertz CT molecular complexity index is 872. The van der Waals surface area contributed by atoms with Gasteiger partial charge in [0.05, 0.1) is 32.9 Å². The van der Waals surface area contributed by atoms with Crippen LogP contribution in [0.2, 0.25) is 0 Å². The average molecular weight is 376 g/mol. The molecule has 146 valence electrons. The van der Waals surface area contributed by atoms with Gasteiger partial charge in [0.25, 0.3) is 11.5 Å². The number of H-pyrrole nitrogens is 1. The fourth-order valence-electron chi connectivity index (χ4n) is 3.27. The average Bonchev–Trinajstić information content (AvgIpc) is 3.21. The fourth-order valence-corrected chi connectivity index (χ4v) is 3.27. The minimum absolute atomic E-state index is 0.0961. The van der Waals surface area contributed by atoms with Crippen LogP contribution in [0.3, 0.4) is 0 Å². The number of hydrogen-bond donors (Lipinski definition) is 2. The van der Waals surface area contributed by atoms with E-state index in [1.54, 1.807) is 25.3 Å². The molecular weight excluding hydrogens is 352 g/mol. The van der Waals surface area contributed by atoms with E-state index >= 15 is 0 Å². The lowest BCUT2D eigenvalue weighted by Crippen LogP contribution is -2.41. The second-order valence-corrected chi connectivity index (χ2v) is 6.40. The summed E-state index contributed by atoms with van der Waals surface area (Å²) in [6.07, 6.45) is 0.994. The summed E-state index contributed by atoms with van der Waals surface area (Å²) in [5.41, 5.74) is 0.743. The van der Waals surface area contributed by atoms with Crippen LogP contribution in [0.5, 0.6) is 11.5 Å². The highest BCUT2D eigenvalue weighted by molar-refractivity contribution is 5.84. The SMILES string of the molecule is COc1cc2cc(CN(CCO)C(=O)[C@@H]3CCCO3)c(=O)[nH]c2cc1OC. The fraction of sp³-hybridized carbons (Fsp3) is 0.474. The van der Waals surface area contributed by atoms with Crippen molar-refractivity contribution in [2.45, 2.75) is 25.5 Å². The highest BCUT2D eigenvalue weighted by atomic mass is 16.5. The Kier molecular flexibility index (Phi) is 5.98. The number of carbonyl (C=O) groups is 1. The number of rotatable bonds is 7. The van der Waals surface area contributed by atoms with Crippen molar-refractivity contribution in [2.24, 2.45) is 0 Å². The molecule has 27 heavy (non-hydrogen) atoms. The molecule has 1 fully saturated rings. The van der Waals surface area contributed by atoms with E-state index in [2.05, 4.69) is 4.98 Å². The first-order valence-corrected chi connectivity index (χ1v) is 8.86. The summed E-state index contributed by atoms with van der Waals surface area (Å²) in [5.74, 6) is 0.864. The zero-order valence-corrected chi connectivity index (χ0v) is 15.5. The molecule has 1 amide bonds. The molecule has 0 radical (unpaired) electrons. The highest BCUT2D eigenvalue weighted by Crippen LogP contribution is 2.31. The van der Waals surface area contributed by atoms with Gasteiger partial charge in [0.1, 0.15) is 6.10 Å². The molecule has 3 rings (SSSR count). The van der Waals surface area contributed by atoms with Crippen molar-refractivity contribution < 1.29 is 24.1 Å². The maximum atomic E-state index is 12.6. The number of nitrogens with zero attached hydrogens (tertiary/aromatic N) is 1. The van der Waals surface area contributed by atoms with E-state index in [-0.39, 0.29) is 31.2 Å². The zero-order valence-electron chi connectivity index (χ0n) is 15.5. The van der Waals surface area contributed by atoms with Crippen LogP contribution < -0.4 is 15.0 Å². The van der Waals surface area contributed by atoms with Gasteiger partial charge in [-0.2, -0.15) is 0 Å². The van der Waals surface area contributed by atoms with Crippen molar-refractivity contribution in [3.63, 3.8) is 0 Å². The van der Waals surface area contributed by atoms with Gasteiger partial charge in [-0.15, -0.1) is 0 Å². The molecule has 0 saturated carbocycles. The van der Waals surface area contributed by atoms with Crippen molar-refractivity contribution in [3.05, 3.63) is 34.1 Å². The number of nitrogens with one attached hydrogen (secondary N) is 1. The van der Waals surface area contributed by atoms with Crippen molar-refractivity contribution in [1.82, 2.24) is 9.88 Å². The van der Waals surface area contributed by atoms with Crippen LogP contribution in [0.4, 0.5) is 0 Å². The number of pyridine rings is 1. The van der Waals surface area contributed by atoms with Crippen LogP contribution in [0, 0.1) is 0 Å². The van der Waals surface area contributed by atoms with Crippen molar-refractivity contribution in [3.8, 4) is 11.5 Å². The van der Waals surface area contributed by atoms with E-state index in [9.17, 15) is 14.7 Å². The van der Waals surface area contributed by atoms with E-state index in [1.807, 2.05) is 0 Å². The maximum Gasteiger partial charge on any atom is 0.253 e. The molecule has 0 unspecified atom stereocenters. The number of aromatic amines is 1. The van der Waals surface area contributed by atoms with E-state index < -0.39 is 6.10 Å². The van der Waals surface area contributed by atoms with E-state index in [0.717, 1.165) is 11.8 Å². The Morgan fingerprint density at radius 1 is 1.30 bits per heavy atom. The van der Waals surface area contributed by atoms with Crippen LogP contribution in [0.15, 0.2) is 23.0 Å². The smallest absolute Gasteiger partial charge is 0.253 e. The molecule has 1 atom stereocenters. The first-order valence-electron chi connectivity index (χ1n) is 8.86. The Hall–Kier alpha value is -2.58. The lowest BCUT2D eigenvalue weighted by atomic mass is 10.1. The number of carbonyl (C=O) groups excluding carboxylic acids is 1. The molecule has 8 nitrogen and oxygen atoms in total. The second-order valence-electron chi connectivity index (χ2n) is 6.40. The topological polar surface area (TPSA) is 101 Å². The first-order chi connectivity index (χ1) is 13.1. The summed E-state index contributed by atoms with van der Waals surface area (Å²) in [4.78, 5) is 29.4. The Labute approximate surface area is 156 Å². The van der Waals surface area contributed by atoms with E-state index in [0.29, 0.717) is 35.6 Å². The second kappa shape index (κ2) is 8.41. The van der Waals surface area contributed by atoms with Crippen molar-refractivity contribution in [1.29, 1.82) is 0 Å². The summed E-state index contributed by atoms with van der Waals surface area (Å²) in [6, 6.07) is 5.19. The van der Waals surface area contributed by atoms with Crippen LogP contribution >= 0.6 is 0 Å². The normalized spacial score (nSPS) is 16.5. The molecule has 0 bridgehead atoms. The predicted molar refractivity (Wildman–Crippen MR) is 99.1 cm³/mol. The molecular formula is C19H24N2O6. The van der Waals surface area contributed by atoms with E-state index in [1.165, 1.54) is 12.0 Å². The summed E-state index contributed by atoms with van der Waals surface area (Å²) in [7, 11) is 3.07. The third-order valence-electron chi connectivity index (χ3n) is 4.67. The monoisotopic (exact) mass is 376 g/mol. The van der Waals surface area contributed by atoms with Crippen molar-refractivity contribution >= 4 is 16.8 Å². The lowest BCUT2D eigenvalue weighted by molar-refractivity contribution is -0.142. The molecule has 0 aliphatic carbocycles. The molecule has 1 aromatic carbocycles. The quantitative estimate of drug-likeness (QED) is 0.749. The van der Waals surface area contributed by atoms with Crippen LogP contribution in [-0.4, -0.2) is 61.0 Å². The van der Waals surface area contributed by atoms with Gasteiger partial charge in [-0.3, -0.25) is 9.59 Å². The first kappa shape index (κ1) is 19.2. The summed E-state index contributed by atoms with van der Waals surface area (Å²) in [5, 5.41) is 10.1. The Morgan fingerprint density at radius 2 is 2.04 bits per heavy atom. The molecule has 1 aliphatic heterocycles. The van der Waals surface area contributed by atoms with Gasteiger partial charge in [0.2, 0.25) is 0 Å². The van der Waals surface area contributed by atoms with Crippen LogP contribution in [0.1, 0.15) is 18.4 Å². The number of fused-ring (bicyclic) bond motifs is 1. The predicted octanol–water partition coefficient (Wildman–Crippen LogP) is 1.05. The number of aliphatic hydroxyl groups is 1. The van der Waals surface area contributed by atoms with Crippen LogP contribution in [-0.2, 0) is 16.1 Å². The molecule has 2 N–H and O–H groups in total. The van der Waals surface area contributed by atoms with Gasteiger partial charge in [0.15, 0.2) is 11.5 Å². The van der Waals surface area contributed by atoms with Crippen molar-refractivity contribution in [2.75, 3.05) is 34.0 Å². The summed E-state index contributed by atoms with van der Waals surface area (Å²) in [6.45, 7) is 0.609. The molecule has 1 aliphatic rings. The third-order valence-corrected chi connectivity index (χ3v) is 4.67. The Balaban J connectivity index is 1.92. The Morgan fingerprint density at radius 3 is 2.67 bits per heavy atom. The third kappa shape index (κ3) is 4.06. The minimum Gasteiger partial charge on any atom is -0.493 e. The maximum absolute atomic E-state index is 12.6. The zero-order chi connectivity index (χ0) is 19.4. The van der Waals surface area contributed by atoms with Gasteiger partial charge in [-0.05, 0) is 25.0 Å². The van der Waals surface area contributed by atoms with Gasteiger partial charge in [-0.1, -0.05) is 0 Å². The number of aromatic nitrogens is 1. The van der Waals surface area contributed by atoms with Gasteiger partial charge >= 0.3 is 0 Å². The van der Waals surface area contributed by atoms with Crippen LogP contribution in [0.25, 0.3) is 10.9 Å². The van der Waals surface area contributed by atoms with Gasteiger partial charge < -0.3 is 29.2 Å². The number of aliphatic hydroxyl groups excluding tert-OH is 1. The summed E-state index contributed by atoms with van der Waals surface area (Å²) >= 11 is 0. The molecule has 1 saturated heterocycles. The summed E-state index contributed by atoms with van der Waals surface area (Å²) < 4.78 is 16.0.